The van der Waals surface area contributed by atoms with Crippen molar-refractivity contribution in [3.63, 3.8) is 0 Å². The predicted octanol–water partition coefficient (Wildman–Crippen LogP) is 1.68. The average molecular weight is 399 g/mol. The first-order valence-corrected chi connectivity index (χ1v) is 10.3. The number of nitrogens with zero attached hydrogens (tertiary/aromatic N) is 6. The maximum absolute atomic E-state index is 12.7. The topological polar surface area (TPSA) is 88.4 Å². The Labute approximate surface area is 171 Å². The van der Waals surface area contributed by atoms with Crippen molar-refractivity contribution in [2.75, 3.05) is 41.4 Å². The van der Waals surface area contributed by atoms with Crippen molar-refractivity contribution in [2.45, 2.75) is 38.8 Å². The van der Waals surface area contributed by atoms with Crippen molar-refractivity contribution < 1.29 is 9.53 Å². The molecule has 2 aromatic heterocycles. The van der Waals surface area contributed by atoms with Crippen LogP contribution in [0.3, 0.4) is 0 Å². The third-order valence-corrected chi connectivity index (χ3v) is 5.51. The van der Waals surface area contributed by atoms with E-state index in [0.29, 0.717) is 25.0 Å². The molecule has 1 amide bonds. The van der Waals surface area contributed by atoms with Crippen molar-refractivity contribution in [2.24, 2.45) is 13.0 Å². The Morgan fingerprint density at radius 3 is 2.90 bits per heavy atom. The van der Waals surface area contributed by atoms with Crippen molar-refractivity contribution >= 4 is 23.4 Å². The van der Waals surface area contributed by atoms with Crippen molar-refractivity contribution in [1.29, 1.82) is 0 Å². The Bertz CT molecular complexity index is 853. The van der Waals surface area contributed by atoms with E-state index in [2.05, 4.69) is 34.2 Å². The molecule has 29 heavy (non-hydrogen) atoms. The van der Waals surface area contributed by atoms with Crippen LogP contribution < -0.4 is 15.1 Å². The van der Waals surface area contributed by atoms with Gasteiger partial charge in [-0.25, -0.2) is 4.98 Å². The van der Waals surface area contributed by atoms with Crippen molar-refractivity contribution in [1.82, 2.24) is 19.7 Å². The predicted molar refractivity (Wildman–Crippen MR) is 111 cm³/mol. The summed E-state index contributed by atoms with van der Waals surface area (Å²) in [7, 11) is 1.85. The smallest absolute Gasteiger partial charge is 0.246 e. The SMILES string of the molecule is CC(C)[C@H]1OCCC[C@@H]1Nc1ccnc(N2CCN(c3cnn(C)c3)C(=O)C2)n1. The molecule has 4 heterocycles. The molecule has 2 aliphatic heterocycles. The average Bonchev–Trinajstić information content (AvgIpc) is 3.14. The summed E-state index contributed by atoms with van der Waals surface area (Å²) in [5.74, 6) is 1.81. The van der Waals surface area contributed by atoms with E-state index >= 15 is 0 Å². The third-order valence-electron chi connectivity index (χ3n) is 5.51. The largest absolute Gasteiger partial charge is 0.376 e. The highest BCUT2D eigenvalue weighted by molar-refractivity contribution is 5.97. The number of rotatable bonds is 5. The van der Waals surface area contributed by atoms with E-state index in [9.17, 15) is 4.79 Å². The summed E-state index contributed by atoms with van der Waals surface area (Å²) in [6.07, 6.45) is 7.59. The van der Waals surface area contributed by atoms with Gasteiger partial charge in [-0.3, -0.25) is 9.48 Å². The first kappa shape index (κ1) is 19.6. The molecule has 1 N–H and O–H groups in total. The highest BCUT2D eigenvalue weighted by Crippen LogP contribution is 2.24. The Hall–Kier alpha value is -2.68. The molecule has 2 aliphatic rings. The fraction of sp³-hybridized carbons (Fsp3) is 0.600. The maximum atomic E-state index is 12.7. The van der Waals surface area contributed by atoms with Crippen LogP contribution in [0.1, 0.15) is 26.7 Å². The zero-order chi connectivity index (χ0) is 20.4. The molecular formula is C20H29N7O2. The standard InChI is InChI=1S/C20H29N7O2/c1-14(2)19-16(5-4-10-29-19)23-17-6-7-21-20(24-17)26-8-9-27(18(28)13-26)15-11-22-25(3)12-15/h6-7,11-12,14,16,19H,4-5,8-10,13H2,1-3H3,(H,21,23,24)/t16-,19+/m0/s1. The van der Waals surface area contributed by atoms with Gasteiger partial charge in [-0.05, 0) is 24.8 Å². The van der Waals surface area contributed by atoms with Gasteiger partial charge in [0.2, 0.25) is 11.9 Å². The van der Waals surface area contributed by atoms with E-state index in [-0.39, 0.29) is 24.6 Å². The number of ether oxygens (including phenoxy) is 1. The number of nitrogens with one attached hydrogen (secondary N) is 1. The van der Waals surface area contributed by atoms with Crippen LogP contribution in [-0.2, 0) is 16.6 Å². The first-order chi connectivity index (χ1) is 14.0. The van der Waals surface area contributed by atoms with Crippen LogP contribution in [0.5, 0.6) is 0 Å². The third kappa shape index (κ3) is 4.34. The number of hydrogen-bond acceptors (Lipinski definition) is 7. The van der Waals surface area contributed by atoms with Crippen molar-refractivity contribution in [3.8, 4) is 0 Å². The number of anilines is 3. The molecule has 9 nitrogen and oxygen atoms in total. The van der Waals surface area contributed by atoms with Gasteiger partial charge in [0.1, 0.15) is 12.4 Å². The van der Waals surface area contributed by atoms with Crippen LogP contribution in [0.2, 0.25) is 0 Å². The summed E-state index contributed by atoms with van der Waals surface area (Å²) >= 11 is 0. The summed E-state index contributed by atoms with van der Waals surface area (Å²) in [4.78, 5) is 25.4. The van der Waals surface area contributed by atoms with Gasteiger partial charge in [0.25, 0.3) is 0 Å². The highest BCUT2D eigenvalue weighted by atomic mass is 16.5. The van der Waals surface area contributed by atoms with Gasteiger partial charge in [-0.15, -0.1) is 0 Å². The quantitative estimate of drug-likeness (QED) is 0.818. The van der Waals surface area contributed by atoms with E-state index < -0.39 is 0 Å². The molecule has 2 aromatic rings. The van der Waals surface area contributed by atoms with Gasteiger partial charge in [0, 0.05) is 39.1 Å². The second-order valence-electron chi connectivity index (χ2n) is 8.05. The number of aromatic nitrogens is 4. The Morgan fingerprint density at radius 2 is 2.17 bits per heavy atom. The van der Waals surface area contributed by atoms with Crippen LogP contribution in [0.25, 0.3) is 0 Å². The lowest BCUT2D eigenvalue weighted by molar-refractivity contribution is -0.117. The molecule has 4 rings (SSSR count). The molecule has 0 saturated carbocycles. The molecule has 0 bridgehead atoms. The minimum atomic E-state index is 0.0202. The highest BCUT2D eigenvalue weighted by Gasteiger charge is 2.30. The Morgan fingerprint density at radius 1 is 1.31 bits per heavy atom. The molecule has 0 aliphatic carbocycles. The molecule has 156 valence electrons. The van der Waals surface area contributed by atoms with E-state index in [0.717, 1.165) is 31.0 Å². The lowest BCUT2D eigenvalue weighted by Crippen LogP contribution is -2.51. The number of piperazine rings is 1. The maximum Gasteiger partial charge on any atom is 0.246 e. The molecule has 9 heteroatoms. The molecule has 0 radical (unpaired) electrons. The summed E-state index contributed by atoms with van der Waals surface area (Å²) < 4.78 is 7.67. The molecule has 2 saturated heterocycles. The fourth-order valence-electron chi connectivity index (χ4n) is 4.05. The van der Waals surface area contributed by atoms with Crippen LogP contribution in [0.4, 0.5) is 17.5 Å². The van der Waals surface area contributed by atoms with Crippen LogP contribution in [-0.4, -0.2) is 64.0 Å². The number of hydrogen-bond donors (Lipinski definition) is 1. The monoisotopic (exact) mass is 399 g/mol. The van der Waals surface area contributed by atoms with Gasteiger partial charge < -0.3 is 19.9 Å². The van der Waals surface area contributed by atoms with Gasteiger partial charge in [-0.2, -0.15) is 10.1 Å². The molecular weight excluding hydrogens is 370 g/mol. The zero-order valence-electron chi connectivity index (χ0n) is 17.3. The van der Waals surface area contributed by atoms with E-state index in [1.165, 1.54) is 0 Å². The minimum Gasteiger partial charge on any atom is -0.376 e. The Kier molecular flexibility index (Phi) is 5.66. The number of aryl methyl sites for hydroxylation is 1. The minimum absolute atomic E-state index is 0.0202. The number of carbonyl (C=O) groups is 1. The second-order valence-corrected chi connectivity index (χ2v) is 8.05. The summed E-state index contributed by atoms with van der Waals surface area (Å²) in [6, 6.07) is 2.11. The van der Waals surface area contributed by atoms with E-state index in [4.69, 9.17) is 4.74 Å². The van der Waals surface area contributed by atoms with Gasteiger partial charge in [-0.1, -0.05) is 13.8 Å². The molecule has 0 unspecified atom stereocenters. The van der Waals surface area contributed by atoms with Crippen LogP contribution in [0, 0.1) is 5.92 Å². The Balaban J connectivity index is 1.43. The molecule has 2 atom stereocenters. The van der Waals surface area contributed by atoms with Crippen LogP contribution >= 0.6 is 0 Å². The molecule has 0 aromatic carbocycles. The summed E-state index contributed by atoms with van der Waals surface area (Å²) in [5.41, 5.74) is 0.825. The molecule has 2 fully saturated rings. The zero-order valence-corrected chi connectivity index (χ0v) is 17.3. The van der Waals surface area contributed by atoms with Gasteiger partial charge >= 0.3 is 0 Å². The van der Waals surface area contributed by atoms with E-state index in [1.54, 1.807) is 22.0 Å². The number of carbonyl (C=O) groups excluding carboxylic acids is 1. The fourth-order valence-corrected chi connectivity index (χ4v) is 4.05. The second kappa shape index (κ2) is 8.36. The summed E-state index contributed by atoms with van der Waals surface area (Å²) in [6.45, 7) is 6.69. The normalized spacial score (nSPS) is 23.0. The van der Waals surface area contributed by atoms with Crippen molar-refractivity contribution in [3.05, 3.63) is 24.7 Å². The van der Waals surface area contributed by atoms with E-state index in [1.807, 2.05) is 24.2 Å². The first-order valence-electron chi connectivity index (χ1n) is 10.3. The lowest BCUT2D eigenvalue weighted by Gasteiger charge is -2.36. The molecule has 0 spiro atoms. The lowest BCUT2D eigenvalue weighted by atomic mass is 9.94. The van der Waals surface area contributed by atoms with Crippen LogP contribution in [0.15, 0.2) is 24.7 Å². The summed E-state index contributed by atoms with van der Waals surface area (Å²) in [5, 5.41) is 7.69. The number of amides is 1. The van der Waals surface area contributed by atoms with Gasteiger partial charge in [0.15, 0.2) is 0 Å². The van der Waals surface area contributed by atoms with Gasteiger partial charge in [0.05, 0.1) is 24.0 Å².